The molecule has 1 aliphatic heterocycles. The molecule has 4 heteroatoms. The minimum absolute atomic E-state index is 0.114. The van der Waals surface area contributed by atoms with E-state index < -0.39 is 5.91 Å². The number of carbonyl (C=O) groups excluding carboxylic acids is 3. The highest BCUT2D eigenvalue weighted by atomic mass is 16.2. The molecule has 140 valence electrons. The summed E-state index contributed by atoms with van der Waals surface area (Å²) in [6, 6.07) is 9.75. The fourth-order valence-corrected chi connectivity index (χ4v) is 4.30. The molecule has 0 bridgehead atoms. The number of rotatable bonds is 7. The van der Waals surface area contributed by atoms with Gasteiger partial charge in [0.05, 0.1) is 6.04 Å². The number of ketones is 2. The van der Waals surface area contributed by atoms with E-state index in [1.54, 1.807) is 4.90 Å². The number of hydrogen-bond acceptors (Lipinski definition) is 3. The molecule has 0 spiro atoms. The maximum atomic E-state index is 12.7. The van der Waals surface area contributed by atoms with Crippen molar-refractivity contribution in [3.8, 4) is 0 Å². The van der Waals surface area contributed by atoms with Crippen molar-refractivity contribution in [3.05, 3.63) is 35.9 Å². The molecule has 1 unspecified atom stereocenters. The van der Waals surface area contributed by atoms with Gasteiger partial charge in [0.2, 0.25) is 5.78 Å². The molecular weight excluding hydrogens is 326 g/mol. The summed E-state index contributed by atoms with van der Waals surface area (Å²) >= 11 is 0. The van der Waals surface area contributed by atoms with Gasteiger partial charge in [-0.3, -0.25) is 14.4 Å². The van der Waals surface area contributed by atoms with Crippen LogP contribution in [0.2, 0.25) is 0 Å². The predicted octanol–water partition coefficient (Wildman–Crippen LogP) is 3.72. The fourth-order valence-electron chi connectivity index (χ4n) is 4.30. The van der Waals surface area contributed by atoms with Crippen LogP contribution in [0.5, 0.6) is 0 Å². The van der Waals surface area contributed by atoms with Crippen LogP contribution in [0.3, 0.4) is 0 Å². The van der Waals surface area contributed by atoms with E-state index in [-0.39, 0.29) is 23.5 Å². The largest absolute Gasteiger partial charge is 0.326 e. The zero-order chi connectivity index (χ0) is 18.4. The highest BCUT2D eigenvalue weighted by Crippen LogP contribution is 2.27. The molecule has 1 atom stereocenters. The third kappa shape index (κ3) is 4.60. The first kappa shape index (κ1) is 18.8. The molecule has 1 aromatic rings. The predicted molar refractivity (Wildman–Crippen MR) is 101 cm³/mol. The molecule has 1 amide bonds. The van der Waals surface area contributed by atoms with Crippen LogP contribution in [0.15, 0.2) is 30.3 Å². The molecule has 4 nitrogen and oxygen atoms in total. The van der Waals surface area contributed by atoms with Gasteiger partial charge < -0.3 is 4.90 Å². The number of amides is 1. The number of carbonyl (C=O) groups is 3. The second-order valence-electron chi connectivity index (χ2n) is 7.66. The second-order valence-corrected chi connectivity index (χ2v) is 7.66. The number of hydrogen-bond donors (Lipinski definition) is 0. The Labute approximate surface area is 156 Å². The van der Waals surface area contributed by atoms with Gasteiger partial charge in [0, 0.05) is 18.9 Å². The summed E-state index contributed by atoms with van der Waals surface area (Å²) in [5.41, 5.74) is 1.23. The van der Waals surface area contributed by atoms with E-state index in [0.29, 0.717) is 19.4 Å². The van der Waals surface area contributed by atoms with E-state index in [1.807, 2.05) is 18.2 Å². The molecule has 0 aromatic heterocycles. The Balaban J connectivity index is 1.52. The summed E-state index contributed by atoms with van der Waals surface area (Å²) in [6.45, 7) is 0.548. The molecule has 0 N–H and O–H groups in total. The molecule has 1 saturated carbocycles. The average molecular weight is 355 g/mol. The lowest BCUT2D eigenvalue weighted by Gasteiger charge is -2.26. The van der Waals surface area contributed by atoms with Gasteiger partial charge in [-0.15, -0.1) is 0 Å². The highest BCUT2D eigenvalue weighted by molar-refractivity contribution is 6.37. The van der Waals surface area contributed by atoms with E-state index in [0.717, 1.165) is 51.4 Å². The minimum atomic E-state index is -0.407. The molecule has 1 aliphatic carbocycles. The number of nitrogens with zero attached hydrogens (tertiary/aromatic N) is 1. The lowest BCUT2D eigenvalue weighted by Crippen LogP contribution is -2.45. The van der Waals surface area contributed by atoms with Crippen molar-refractivity contribution in [1.29, 1.82) is 0 Å². The molecule has 1 aromatic carbocycles. The maximum absolute atomic E-state index is 12.7. The Morgan fingerprint density at radius 2 is 1.65 bits per heavy atom. The lowest BCUT2D eigenvalue weighted by molar-refractivity contribution is -0.149. The lowest BCUT2D eigenvalue weighted by atomic mass is 9.85. The average Bonchev–Trinajstić information content (AvgIpc) is 3.18. The first-order chi connectivity index (χ1) is 12.7. The SMILES string of the molecule is O=C(C(=O)N1CCCC1C(=O)CCCc1ccccc1)C1CCCCC1. The van der Waals surface area contributed by atoms with Gasteiger partial charge >= 0.3 is 0 Å². The molecule has 2 aliphatic rings. The molecule has 0 radical (unpaired) electrons. The minimum Gasteiger partial charge on any atom is -0.326 e. The highest BCUT2D eigenvalue weighted by Gasteiger charge is 2.38. The van der Waals surface area contributed by atoms with Crippen molar-refractivity contribution < 1.29 is 14.4 Å². The summed E-state index contributed by atoms with van der Waals surface area (Å²) < 4.78 is 0. The van der Waals surface area contributed by atoms with Crippen molar-refractivity contribution in [1.82, 2.24) is 4.90 Å². The number of likely N-dealkylation sites (tertiary alicyclic amines) is 1. The van der Waals surface area contributed by atoms with Gasteiger partial charge in [0.1, 0.15) is 0 Å². The van der Waals surface area contributed by atoms with Crippen molar-refractivity contribution in [2.75, 3.05) is 6.54 Å². The zero-order valence-corrected chi connectivity index (χ0v) is 15.5. The molecular formula is C22H29NO3. The Morgan fingerprint density at radius 3 is 2.38 bits per heavy atom. The summed E-state index contributed by atoms with van der Waals surface area (Å²) in [7, 11) is 0. The molecule has 1 saturated heterocycles. The third-order valence-electron chi connectivity index (χ3n) is 5.80. The molecule has 2 fully saturated rings. The summed E-state index contributed by atoms with van der Waals surface area (Å²) in [5.74, 6) is -0.668. The topological polar surface area (TPSA) is 54.5 Å². The number of aryl methyl sites for hydroxylation is 1. The quantitative estimate of drug-likeness (QED) is 0.701. The van der Waals surface area contributed by atoms with E-state index in [2.05, 4.69) is 12.1 Å². The van der Waals surface area contributed by atoms with Crippen LogP contribution in [-0.4, -0.2) is 35.0 Å². The number of benzene rings is 1. The van der Waals surface area contributed by atoms with Crippen LogP contribution in [-0.2, 0) is 20.8 Å². The van der Waals surface area contributed by atoms with Crippen LogP contribution in [0.1, 0.15) is 63.4 Å². The van der Waals surface area contributed by atoms with E-state index >= 15 is 0 Å². The smallest absolute Gasteiger partial charge is 0.290 e. The molecule has 1 heterocycles. The second kappa shape index (κ2) is 9.11. The van der Waals surface area contributed by atoms with Crippen LogP contribution >= 0.6 is 0 Å². The first-order valence-electron chi connectivity index (χ1n) is 10.1. The van der Waals surface area contributed by atoms with Gasteiger partial charge in [-0.1, -0.05) is 49.6 Å². The van der Waals surface area contributed by atoms with Crippen molar-refractivity contribution in [2.45, 2.75) is 70.3 Å². The van der Waals surface area contributed by atoms with Gasteiger partial charge in [-0.2, -0.15) is 0 Å². The first-order valence-corrected chi connectivity index (χ1v) is 10.1. The normalized spacial score (nSPS) is 20.9. The van der Waals surface area contributed by atoms with Crippen molar-refractivity contribution >= 4 is 17.5 Å². The van der Waals surface area contributed by atoms with Crippen LogP contribution < -0.4 is 0 Å². The van der Waals surface area contributed by atoms with Gasteiger partial charge in [0.15, 0.2) is 5.78 Å². The van der Waals surface area contributed by atoms with Gasteiger partial charge in [0.25, 0.3) is 5.91 Å². The van der Waals surface area contributed by atoms with Gasteiger partial charge in [-0.25, -0.2) is 0 Å². The van der Waals surface area contributed by atoms with Gasteiger partial charge in [-0.05, 0) is 44.1 Å². The summed E-state index contributed by atoms with van der Waals surface area (Å²) in [4.78, 5) is 39.4. The van der Waals surface area contributed by atoms with Crippen molar-refractivity contribution in [2.24, 2.45) is 5.92 Å². The summed E-state index contributed by atoms with van der Waals surface area (Å²) in [6.07, 6.45) is 8.53. The van der Waals surface area contributed by atoms with E-state index in [1.165, 1.54) is 5.56 Å². The Kier molecular flexibility index (Phi) is 6.59. The molecule has 26 heavy (non-hydrogen) atoms. The monoisotopic (exact) mass is 355 g/mol. The van der Waals surface area contributed by atoms with Crippen LogP contribution in [0.4, 0.5) is 0 Å². The van der Waals surface area contributed by atoms with Crippen LogP contribution in [0.25, 0.3) is 0 Å². The zero-order valence-electron chi connectivity index (χ0n) is 15.5. The van der Waals surface area contributed by atoms with Crippen molar-refractivity contribution in [3.63, 3.8) is 0 Å². The molecule has 3 rings (SSSR count). The standard InChI is InChI=1S/C22H29NO3/c24-20(15-7-11-17-9-3-1-4-10-17)19-14-8-16-23(19)22(26)21(25)18-12-5-2-6-13-18/h1,3-4,9-10,18-19H,2,5-8,11-16H2. The van der Waals surface area contributed by atoms with Crippen LogP contribution in [0, 0.1) is 5.92 Å². The third-order valence-corrected chi connectivity index (χ3v) is 5.80. The Morgan fingerprint density at radius 1 is 0.923 bits per heavy atom. The fraction of sp³-hybridized carbons (Fsp3) is 0.591. The summed E-state index contributed by atoms with van der Waals surface area (Å²) in [5, 5.41) is 0. The maximum Gasteiger partial charge on any atom is 0.290 e. The number of Topliss-reactive ketones (excluding diaryl/α,β-unsaturated/α-hetero) is 2. The Hall–Kier alpha value is -1.97. The van der Waals surface area contributed by atoms with E-state index in [4.69, 9.17) is 0 Å². The Bertz CT molecular complexity index is 634. The van der Waals surface area contributed by atoms with E-state index in [9.17, 15) is 14.4 Å².